The predicted molar refractivity (Wildman–Crippen MR) is 92.8 cm³/mol. The molecule has 1 saturated heterocycles. The molecule has 0 spiro atoms. The fourth-order valence-corrected chi connectivity index (χ4v) is 3.60. The Bertz CT molecular complexity index is 877. The molecule has 1 aliphatic rings. The van der Waals surface area contributed by atoms with Crippen LogP contribution in [-0.4, -0.2) is 37.5 Å². The normalized spacial score (nSPS) is 20.7. The zero-order valence-electron chi connectivity index (χ0n) is 13.9. The van der Waals surface area contributed by atoms with Crippen LogP contribution in [0.25, 0.3) is 16.9 Å². The summed E-state index contributed by atoms with van der Waals surface area (Å²) in [6, 6.07) is 12.5. The highest BCUT2D eigenvalue weighted by molar-refractivity contribution is 6.00. The van der Waals surface area contributed by atoms with Crippen LogP contribution in [0.2, 0.25) is 0 Å². The smallest absolute Gasteiger partial charge is 0.259 e. The van der Waals surface area contributed by atoms with Gasteiger partial charge in [0.25, 0.3) is 5.91 Å². The summed E-state index contributed by atoms with van der Waals surface area (Å²) in [5, 5.41) is 4.44. The first kappa shape index (κ1) is 14.9. The zero-order chi connectivity index (χ0) is 16.7. The van der Waals surface area contributed by atoms with Gasteiger partial charge in [-0.2, -0.15) is 5.10 Å². The van der Waals surface area contributed by atoms with Crippen molar-refractivity contribution in [1.29, 1.82) is 0 Å². The van der Waals surface area contributed by atoms with Crippen molar-refractivity contribution in [3.05, 3.63) is 54.4 Å². The minimum atomic E-state index is 0.0280. The highest BCUT2D eigenvalue weighted by Crippen LogP contribution is 2.27. The molecule has 0 N–H and O–H groups in total. The first-order valence-corrected chi connectivity index (χ1v) is 8.37. The molecule has 2 aromatic heterocycles. The summed E-state index contributed by atoms with van der Waals surface area (Å²) in [4.78, 5) is 19.4. The second-order valence-corrected chi connectivity index (χ2v) is 6.48. The van der Waals surface area contributed by atoms with Crippen molar-refractivity contribution in [1.82, 2.24) is 19.5 Å². The minimum absolute atomic E-state index is 0.0280. The van der Waals surface area contributed by atoms with Crippen molar-refractivity contribution >= 4 is 11.6 Å². The lowest BCUT2D eigenvalue weighted by atomic mass is 10.1. The number of hydrogen-bond donors (Lipinski definition) is 0. The molecular weight excluding hydrogens is 300 g/mol. The molecule has 3 aromatic rings. The maximum atomic E-state index is 13.0. The van der Waals surface area contributed by atoms with Crippen LogP contribution in [0.1, 0.15) is 37.0 Å². The Labute approximate surface area is 140 Å². The highest BCUT2D eigenvalue weighted by Gasteiger charge is 2.33. The van der Waals surface area contributed by atoms with Crippen LogP contribution in [0.15, 0.2) is 48.8 Å². The molecule has 1 aliphatic heterocycles. The number of hydrogen-bond acceptors (Lipinski definition) is 3. The van der Waals surface area contributed by atoms with Crippen molar-refractivity contribution in [2.75, 3.05) is 0 Å². The number of rotatable bonds is 2. The van der Waals surface area contributed by atoms with Crippen molar-refractivity contribution in [2.24, 2.45) is 0 Å². The van der Waals surface area contributed by atoms with E-state index in [1.807, 2.05) is 41.3 Å². The third kappa shape index (κ3) is 2.28. The van der Waals surface area contributed by atoms with Gasteiger partial charge in [-0.05, 0) is 32.8 Å². The Kier molecular flexibility index (Phi) is 3.56. The summed E-state index contributed by atoms with van der Waals surface area (Å²) in [7, 11) is 0. The molecule has 3 heterocycles. The largest absolute Gasteiger partial charge is 0.333 e. The molecule has 0 saturated carbocycles. The van der Waals surface area contributed by atoms with E-state index >= 15 is 0 Å². The number of benzene rings is 1. The van der Waals surface area contributed by atoms with Gasteiger partial charge in [-0.25, -0.2) is 9.50 Å². The Morgan fingerprint density at radius 2 is 1.79 bits per heavy atom. The molecule has 4 rings (SSSR count). The highest BCUT2D eigenvalue weighted by atomic mass is 16.2. The number of amides is 1. The van der Waals surface area contributed by atoms with E-state index in [-0.39, 0.29) is 18.0 Å². The van der Waals surface area contributed by atoms with Crippen LogP contribution in [0.5, 0.6) is 0 Å². The summed E-state index contributed by atoms with van der Waals surface area (Å²) >= 11 is 0. The van der Waals surface area contributed by atoms with E-state index in [9.17, 15) is 4.79 Å². The molecule has 2 atom stereocenters. The molecule has 0 radical (unpaired) electrons. The number of aromatic nitrogens is 3. The molecule has 5 nitrogen and oxygen atoms in total. The standard InChI is InChI=1S/C19H20N4O/c1-13-8-9-14(2)22(13)19(24)16-12-21-23-17(10-11-20-18(16)23)15-6-4-3-5-7-15/h3-7,10-14H,8-9H2,1-2H3/t13-,14+. The average molecular weight is 320 g/mol. The van der Waals surface area contributed by atoms with Gasteiger partial charge in [0.15, 0.2) is 5.65 Å². The van der Waals surface area contributed by atoms with E-state index in [1.54, 1.807) is 16.9 Å². The summed E-state index contributed by atoms with van der Waals surface area (Å²) in [5.41, 5.74) is 3.18. The van der Waals surface area contributed by atoms with E-state index in [0.29, 0.717) is 11.2 Å². The second kappa shape index (κ2) is 5.74. The van der Waals surface area contributed by atoms with Crippen LogP contribution in [0, 0.1) is 0 Å². The summed E-state index contributed by atoms with van der Waals surface area (Å²) in [6.07, 6.45) is 5.49. The van der Waals surface area contributed by atoms with Crippen LogP contribution in [0.4, 0.5) is 0 Å². The molecule has 122 valence electrons. The first-order chi connectivity index (χ1) is 11.7. The van der Waals surface area contributed by atoms with Gasteiger partial charge in [0.2, 0.25) is 0 Å². The summed E-state index contributed by atoms with van der Waals surface area (Å²) < 4.78 is 1.76. The minimum Gasteiger partial charge on any atom is -0.333 e. The number of likely N-dealkylation sites (tertiary alicyclic amines) is 1. The molecule has 5 heteroatoms. The van der Waals surface area contributed by atoms with E-state index in [2.05, 4.69) is 23.9 Å². The van der Waals surface area contributed by atoms with Crippen LogP contribution >= 0.6 is 0 Å². The van der Waals surface area contributed by atoms with Crippen molar-refractivity contribution < 1.29 is 4.79 Å². The van der Waals surface area contributed by atoms with Crippen molar-refractivity contribution in [3.8, 4) is 11.3 Å². The van der Waals surface area contributed by atoms with Gasteiger partial charge in [0.1, 0.15) is 5.56 Å². The maximum absolute atomic E-state index is 13.0. The van der Waals surface area contributed by atoms with E-state index in [1.165, 1.54) is 0 Å². The van der Waals surface area contributed by atoms with Crippen LogP contribution in [0.3, 0.4) is 0 Å². The van der Waals surface area contributed by atoms with Gasteiger partial charge >= 0.3 is 0 Å². The molecule has 0 bridgehead atoms. The monoisotopic (exact) mass is 320 g/mol. The Morgan fingerprint density at radius 3 is 2.50 bits per heavy atom. The first-order valence-electron chi connectivity index (χ1n) is 8.37. The van der Waals surface area contributed by atoms with Gasteiger partial charge in [-0.15, -0.1) is 0 Å². The maximum Gasteiger partial charge on any atom is 0.259 e. The fraction of sp³-hybridized carbons (Fsp3) is 0.316. The van der Waals surface area contributed by atoms with Gasteiger partial charge in [0.05, 0.1) is 11.9 Å². The topological polar surface area (TPSA) is 50.5 Å². The van der Waals surface area contributed by atoms with E-state index < -0.39 is 0 Å². The fourth-order valence-electron chi connectivity index (χ4n) is 3.60. The molecule has 0 unspecified atom stereocenters. The Balaban J connectivity index is 1.80. The van der Waals surface area contributed by atoms with Crippen LogP contribution < -0.4 is 0 Å². The molecule has 0 aliphatic carbocycles. The van der Waals surface area contributed by atoms with Crippen molar-refractivity contribution in [3.63, 3.8) is 0 Å². The Hall–Kier alpha value is -2.69. The lowest BCUT2D eigenvalue weighted by molar-refractivity contribution is 0.0694. The number of carbonyl (C=O) groups is 1. The molecule has 24 heavy (non-hydrogen) atoms. The lowest BCUT2D eigenvalue weighted by Crippen LogP contribution is -2.38. The lowest BCUT2D eigenvalue weighted by Gasteiger charge is -2.25. The predicted octanol–water partition coefficient (Wildman–Crippen LogP) is 3.41. The molecule has 1 amide bonds. The van der Waals surface area contributed by atoms with Gasteiger partial charge in [-0.1, -0.05) is 30.3 Å². The zero-order valence-corrected chi connectivity index (χ0v) is 13.9. The SMILES string of the molecule is C[C@@H]1CC[C@H](C)N1C(=O)c1cnn2c(-c3ccccc3)ccnc12. The quantitative estimate of drug-likeness (QED) is 0.727. The summed E-state index contributed by atoms with van der Waals surface area (Å²) in [6.45, 7) is 4.21. The molecule has 1 aromatic carbocycles. The van der Waals surface area contributed by atoms with Crippen molar-refractivity contribution in [2.45, 2.75) is 38.8 Å². The summed E-state index contributed by atoms with van der Waals surface area (Å²) in [5.74, 6) is 0.0280. The van der Waals surface area contributed by atoms with E-state index in [0.717, 1.165) is 24.1 Å². The number of fused-ring (bicyclic) bond motifs is 1. The number of nitrogens with zero attached hydrogens (tertiary/aromatic N) is 4. The van der Waals surface area contributed by atoms with Gasteiger partial charge in [0, 0.05) is 23.8 Å². The van der Waals surface area contributed by atoms with E-state index in [4.69, 9.17) is 0 Å². The second-order valence-electron chi connectivity index (χ2n) is 6.48. The average Bonchev–Trinajstić information content (AvgIpc) is 3.18. The third-order valence-corrected chi connectivity index (χ3v) is 4.89. The van der Waals surface area contributed by atoms with Gasteiger partial charge in [-0.3, -0.25) is 4.79 Å². The third-order valence-electron chi connectivity index (χ3n) is 4.89. The molecule has 1 fully saturated rings. The van der Waals surface area contributed by atoms with Crippen LogP contribution in [-0.2, 0) is 0 Å². The Morgan fingerprint density at radius 1 is 1.08 bits per heavy atom. The van der Waals surface area contributed by atoms with Gasteiger partial charge < -0.3 is 4.90 Å². The number of carbonyl (C=O) groups excluding carboxylic acids is 1. The molecular formula is C19H20N4O.